The van der Waals surface area contributed by atoms with Gasteiger partial charge in [-0.1, -0.05) is 60.7 Å². The molecule has 146 valence electrons. The molecule has 1 heterocycles. The van der Waals surface area contributed by atoms with Gasteiger partial charge in [0.05, 0.1) is 19.8 Å². The maximum Gasteiger partial charge on any atom is 0.186 e. The lowest BCUT2D eigenvalue weighted by atomic mass is 9.98. The molecule has 3 rings (SSSR count). The van der Waals surface area contributed by atoms with Gasteiger partial charge >= 0.3 is 0 Å². The quantitative estimate of drug-likeness (QED) is 0.735. The van der Waals surface area contributed by atoms with Crippen LogP contribution in [0.25, 0.3) is 0 Å². The molecule has 27 heavy (non-hydrogen) atoms. The molecule has 0 radical (unpaired) electrons. The van der Waals surface area contributed by atoms with Crippen molar-refractivity contribution in [3.8, 4) is 0 Å². The lowest BCUT2D eigenvalue weighted by Crippen LogP contribution is -2.60. The molecule has 2 aromatic carbocycles. The van der Waals surface area contributed by atoms with E-state index in [1.54, 1.807) is 0 Å². The van der Waals surface area contributed by atoms with Crippen LogP contribution in [0.4, 0.5) is 0 Å². The van der Waals surface area contributed by atoms with Gasteiger partial charge in [-0.3, -0.25) is 0 Å². The lowest BCUT2D eigenvalue weighted by Gasteiger charge is -2.43. The molecule has 0 saturated carbocycles. The van der Waals surface area contributed by atoms with Gasteiger partial charge in [0, 0.05) is 7.11 Å². The number of ether oxygens (including phenoxy) is 4. The van der Waals surface area contributed by atoms with Crippen molar-refractivity contribution >= 4 is 0 Å². The summed E-state index contributed by atoms with van der Waals surface area (Å²) in [6.07, 6.45) is -3.97. The number of aliphatic hydroxyl groups is 2. The summed E-state index contributed by atoms with van der Waals surface area (Å²) in [4.78, 5) is 0. The van der Waals surface area contributed by atoms with Gasteiger partial charge < -0.3 is 29.2 Å². The highest BCUT2D eigenvalue weighted by Gasteiger charge is 2.46. The van der Waals surface area contributed by atoms with E-state index in [-0.39, 0.29) is 6.61 Å². The minimum atomic E-state index is -1.01. The zero-order chi connectivity index (χ0) is 19.1. The van der Waals surface area contributed by atoms with Crippen LogP contribution in [0, 0.1) is 0 Å². The van der Waals surface area contributed by atoms with E-state index in [2.05, 4.69) is 0 Å². The highest BCUT2D eigenvalue weighted by atomic mass is 16.7. The van der Waals surface area contributed by atoms with E-state index >= 15 is 0 Å². The molecule has 6 nitrogen and oxygen atoms in total. The Morgan fingerprint density at radius 2 is 1.37 bits per heavy atom. The van der Waals surface area contributed by atoms with E-state index in [1.165, 1.54) is 7.11 Å². The molecule has 2 N–H and O–H groups in total. The number of hydrogen-bond donors (Lipinski definition) is 2. The molecular weight excluding hydrogens is 348 g/mol. The highest BCUT2D eigenvalue weighted by molar-refractivity contribution is 5.14. The van der Waals surface area contributed by atoms with E-state index in [1.807, 2.05) is 60.7 Å². The first-order chi connectivity index (χ1) is 13.2. The second kappa shape index (κ2) is 9.94. The molecule has 0 amide bonds. The summed E-state index contributed by atoms with van der Waals surface area (Å²) in [5.74, 6) is 0. The maximum absolute atomic E-state index is 10.9. The monoisotopic (exact) mass is 374 g/mol. The second-order valence-corrected chi connectivity index (χ2v) is 6.47. The van der Waals surface area contributed by atoms with Crippen LogP contribution in [0.15, 0.2) is 60.7 Å². The van der Waals surface area contributed by atoms with Crippen LogP contribution in [0.2, 0.25) is 0 Å². The molecule has 5 atom stereocenters. The molecule has 0 unspecified atom stereocenters. The average Bonchev–Trinajstić information content (AvgIpc) is 2.73. The van der Waals surface area contributed by atoms with Crippen LogP contribution in [0.1, 0.15) is 11.1 Å². The summed E-state index contributed by atoms with van der Waals surface area (Å²) in [6, 6.07) is 19.3. The first-order valence-corrected chi connectivity index (χ1v) is 9.01. The van der Waals surface area contributed by atoms with Gasteiger partial charge in [-0.25, -0.2) is 0 Å². The fourth-order valence-electron chi connectivity index (χ4n) is 3.15. The Morgan fingerprint density at radius 1 is 0.852 bits per heavy atom. The third-order valence-corrected chi connectivity index (χ3v) is 4.60. The lowest BCUT2D eigenvalue weighted by molar-refractivity contribution is -0.313. The fraction of sp³-hybridized carbons (Fsp3) is 0.429. The van der Waals surface area contributed by atoms with Crippen molar-refractivity contribution in [2.75, 3.05) is 13.7 Å². The van der Waals surface area contributed by atoms with Crippen molar-refractivity contribution in [3.05, 3.63) is 71.8 Å². The van der Waals surface area contributed by atoms with Crippen molar-refractivity contribution in [3.63, 3.8) is 0 Å². The van der Waals surface area contributed by atoms with Crippen LogP contribution in [0.3, 0.4) is 0 Å². The molecule has 1 aliphatic rings. The van der Waals surface area contributed by atoms with Gasteiger partial charge in [0.15, 0.2) is 6.29 Å². The first kappa shape index (κ1) is 19.9. The Labute approximate surface area is 159 Å². The van der Waals surface area contributed by atoms with Crippen molar-refractivity contribution in [1.29, 1.82) is 0 Å². The summed E-state index contributed by atoms with van der Waals surface area (Å²) >= 11 is 0. The second-order valence-electron chi connectivity index (χ2n) is 6.47. The average molecular weight is 374 g/mol. The molecule has 0 aliphatic carbocycles. The molecule has 2 aromatic rings. The Morgan fingerprint density at radius 3 is 1.85 bits per heavy atom. The standard InChI is InChI=1S/C21H26O6/c1-24-21-20(26-14-16-10-6-3-7-11-16)18(23)19(17(12-22)27-21)25-13-15-8-4-2-5-9-15/h2-11,17-23H,12-14H2,1H3/t17-,18+,19-,20-,21+/m1/s1. The maximum atomic E-state index is 10.9. The van der Waals surface area contributed by atoms with E-state index in [0.29, 0.717) is 13.2 Å². The van der Waals surface area contributed by atoms with Gasteiger partial charge in [0.1, 0.15) is 24.4 Å². The Kier molecular flexibility index (Phi) is 7.34. The van der Waals surface area contributed by atoms with Crippen molar-refractivity contribution in [2.24, 2.45) is 0 Å². The minimum Gasteiger partial charge on any atom is -0.394 e. The van der Waals surface area contributed by atoms with Crippen LogP contribution in [-0.4, -0.2) is 54.6 Å². The number of benzene rings is 2. The summed E-state index contributed by atoms with van der Waals surface area (Å²) < 4.78 is 22.9. The Hall–Kier alpha value is -1.80. The number of aliphatic hydroxyl groups excluding tert-OH is 2. The zero-order valence-corrected chi connectivity index (χ0v) is 15.3. The molecule has 1 fully saturated rings. The third kappa shape index (κ3) is 5.13. The molecule has 6 heteroatoms. The number of hydrogen-bond acceptors (Lipinski definition) is 6. The van der Waals surface area contributed by atoms with E-state index in [4.69, 9.17) is 18.9 Å². The van der Waals surface area contributed by atoms with Crippen LogP contribution >= 0.6 is 0 Å². The molecule has 1 aliphatic heterocycles. The van der Waals surface area contributed by atoms with Crippen molar-refractivity contribution in [2.45, 2.75) is 43.9 Å². The van der Waals surface area contributed by atoms with Gasteiger partial charge in [-0.15, -0.1) is 0 Å². The first-order valence-electron chi connectivity index (χ1n) is 9.01. The molecule has 0 bridgehead atoms. The van der Waals surface area contributed by atoms with Crippen molar-refractivity contribution < 1.29 is 29.2 Å². The third-order valence-electron chi connectivity index (χ3n) is 4.60. The predicted octanol–water partition coefficient (Wildman–Crippen LogP) is 1.88. The molecule has 0 spiro atoms. The van der Waals surface area contributed by atoms with E-state index in [0.717, 1.165) is 11.1 Å². The molecule has 1 saturated heterocycles. The number of rotatable bonds is 8. The largest absolute Gasteiger partial charge is 0.394 e. The highest BCUT2D eigenvalue weighted by Crippen LogP contribution is 2.27. The Bertz CT molecular complexity index is 607. The van der Waals surface area contributed by atoms with E-state index < -0.39 is 30.7 Å². The normalized spacial score (nSPS) is 28.2. The number of methoxy groups -OCH3 is 1. The summed E-state index contributed by atoms with van der Waals surface area (Å²) in [6.45, 7) is 0.314. The minimum absolute atomic E-state index is 0.290. The topological polar surface area (TPSA) is 77.4 Å². The van der Waals surface area contributed by atoms with Crippen LogP contribution in [0.5, 0.6) is 0 Å². The fourth-order valence-corrected chi connectivity index (χ4v) is 3.15. The van der Waals surface area contributed by atoms with E-state index in [9.17, 15) is 10.2 Å². The van der Waals surface area contributed by atoms with Crippen LogP contribution < -0.4 is 0 Å². The van der Waals surface area contributed by atoms with Gasteiger partial charge in [0.25, 0.3) is 0 Å². The molecular formula is C21H26O6. The summed E-state index contributed by atoms with van der Waals surface area (Å²) in [5, 5.41) is 20.5. The molecule has 0 aromatic heterocycles. The van der Waals surface area contributed by atoms with Gasteiger partial charge in [-0.2, -0.15) is 0 Å². The summed E-state index contributed by atoms with van der Waals surface area (Å²) in [5.41, 5.74) is 1.95. The predicted molar refractivity (Wildman–Crippen MR) is 98.8 cm³/mol. The SMILES string of the molecule is CO[C@H]1O[C@H](CO)[C@@H](OCc2ccccc2)[C@H](O)[C@H]1OCc1ccccc1. The summed E-state index contributed by atoms with van der Waals surface area (Å²) in [7, 11) is 1.48. The van der Waals surface area contributed by atoms with Crippen LogP contribution in [-0.2, 0) is 32.2 Å². The Balaban J connectivity index is 1.68. The van der Waals surface area contributed by atoms with Gasteiger partial charge in [-0.05, 0) is 11.1 Å². The smallest absolute Gasteiger partial charge is 0.186 e. The zero-order valence-electron chi connectivity index (χ0n) is 15.3. The van der Waals surface area contributed by atoms with Crippen molar-refractivity contribution in [1.82, 2.24) is 0 Å². The van der Waals surface area contributed by atoms with Gasteiger partial charge in [0.2, 0.25) is 0 Å².